The molecule has 2 aliphatic heterocycles. The predicted molar refractivity (Wildman–Crippen MR) is 133 cm³/mol. The molecule has 1 saturated heterocycles. The molecule has 1 aliphatic carbocycles. The molecule has 3 aliphatic rings. The van der Waals surface area contributed by atoms with Crippen molar-refractivity contribution in [1.82, 2.24) is 9.47 Å². The average Bonchev–Trinajstić information content (AvgIpc) is 3.32. The summed E-state index contributed by atoms with van der Waals surface area (Å²) < 4.78 is 40.1. The van der Waals surface area contributed by atoms with Crippen LogP contribution in [0.1, 0.15) is 47.5 Å². The summed E-state index contributed by atoms with van der Waals surface area (Å²) in [5.74, 6) is 3.82. The molecule has 9 nitrogen and oxygen atoms in total. The number of hydrazone groups is 1. The molecule has 36 heavy (non-hydrogen) atoms. The van der Waals surface area contributed by atoms with Gasteiger partial charge in [-0.05, 0) is 25.0 Å². The SMILES string of the molecule is COCCN1CC2(CCOC2)n2cc(C(C)S/C(CC3=CCC(F)C=C3F)=N\N)c(=O)c(O)c2C1=O. The van der Waals surface area contributed by atoms with Crippen LogP contribution < -0.4 is 11.3 Å². The van der Waals surface area contributed by atoms with Crippen LogP contribution in [-0.2, 0) is 15.0 Å². The van der Waals surface area contributed by atoms with Gasteiger partial charge in [0.2, 0.25) is 5.43 Å². The molecule has 4 rings (SSSR count). The monoisotopic (exact) mass is 524 g/mol. The van der Waals surface area contributed by atoms with E-state index in [2.05, 4.69) is 5.10 Å². The van der Waals surface area contributed by atoms with Gasteiger partial charge in [-0.25, -0.2) is 8.78 Å². The third kappa shape index (κ3) is 4.94. The number of thioether (sulfide) groups is 1. The molecule has 1 spiro atoms. The van der Waals surface area contributed by atoms with E-state index < -0.39 is 39.9 Å². The van der Waals surface area contributed by atoms with Crippen LogP contribution in [0.4, 0.5) is 8.78 Å². The quantitative estimate of drug-likeness (QED) is 0.244. The first kappa shape index (κ1) is 26.4. The number of rotatable bonds is 7. The molecule has 1 aromatic heterocycles. The highest BCUT2D eigenvalue weighted by atomic mass is 32.2. The van der Waals surface area contributed by atoms with Crippen molar-refractivity contribution in [3.63, 3.8) is 0 Å². The topological polar surface area (TPSA) is 119 Å². The van der Waals surface area contributed by atoms with Crippen LogP contribution in [0.15, 0.2) is 39.6 Å². The Morgan fingerprint density at radius 3 is 2.89 bits per heavy atom. The van der Waals surface area contributed by atoms with Gasteiger partial charge in [0.15, 0.2) is 11.4 Å². The number of aromatic nitrogens is 1. The lowest BCUT2D eigenvalue weighted by molar-refractivity contribution is 0.0425. The van der Waals surface area contributed by atoms with Crippen LogP contribution in [0.2, 0.25) is 0 Å². The molecule has 0 bridgehead atoms. The second-order valence-electron chi connectivity index (χ2n) is 9.18. The number of hydrogen-bond acceptors (Lipinski definition) is 8. The van der Waals surface area contributed by atoms with Crippen molar-refractivity contribution >= 4 is 22.7 Å². The maximum Gasteiger partial charge on any atom is 0.274 e. The van der Waals surface area contributed by atoms with Crippen LogP contribution in [0.25, 0.3) is 0 Å². The Morgan fingerprint density at radius 1 is 1.47 bits per heavy atom. The van der Waals surface area contributed by atoms with Crippen molar-refractivity contribution < 1.29 is 28.2 Å². The van der Waals surface area contributed by atoms with Crippen molar-refractivity contribution in [2.45, 2.75) is 43.1 Å². The van der Waals surface area contributed by atoms with Crippen molar-refractivity contribution in [2.24, 2.45) is 10.9 Å². The first-order chi connectivity index (χ1) is 17.2. The largest absolute Gasteiger partial charge is 0.503 e. The summed E-state index contributed by atoms with van der Waals surface area (Å²) in [6.07, 6.45) is 3.35. The number of carbonyl (C=O) groups excluding carboxylic acids is 1. The van der Waals surface area contributed by atoms with Gasteiger partial charge in [-0.2, -0.15) is 5.10 Å². The van der Waals surface area contributed by atoms with E-state index >= 15 is 0 Å². The number of fused-ring (bicyclic) bond motifs is 2. The van der Waals surface area contributed by atoms with Gasteiger partial charge in [0.25, 0.3) is 5.91 Å². The summed E-state index contributed by atoms with van der Waals surface area (Å²) in [6.45, 7) is 3.54. The number of amides is 1. The smallest absolute Gasteiger partial charge is 0.274 e. The van der Waals surface area contributed by atoms with Crippen molar-refractivity contribution in [3.05, 3.63) is 51.2 Å². The number of allylic oxidation sites excluding steroid dienone is 4. The van der Waals surface area contributed by atoms with Crippen molar-refractivity contribution in [3.8, 4) is 5.75 Å². The number of carbonyl (C=O) groups is 1. The first-order valence-corrected chi connectivity index (χ1v) is 12.6. The second-order valence-corrected chi connectivity index (χ2v) is 10.6. The number of alkyl halides is 1. The minimum absolute atomic E-state index is 0.0452. The minimum Gasteiger partial charge on any atom is -0.503 e. The third-order valence-electron chi connectivity index (χ3n) is 6.80. The molecule has 0 aromatic carbocycles. The minimum atomic E-state index is -1.36. The highest BCUT2D eigenvalue weighted by Crippen LogP contribution is 2.39. The Kier molecular flexibility index (Phi) is 7.86. The molecule has 0 saturated carbocycles. The van der Waals surface area contributed by atoms with E-state index in [-0.39, 0.29) is 29.7 Å². The zero-order valence-corrected chi connectivity index (χ0v) is 21.0. The van der Waals surface area contributed by atoms with Gasteiger partial charge in [0, 0.05) is 56.7 Å². The van der Waals surface area contributed by atoms with Crippen LogP contribution in [0.5, 0.6) is 5.75 Å². The fourth-order valence-electron chi connectivity index (χ4n) is 4.83. The second kappa shape index (κ2) is 10.7. The fourth-order valence-corrected chi connectivity index (χ4v) is 5.83. The lowest BCUT2D eigenvalue weighted by Crippen LogP contribution is -2.55. The molecule has 3 atom stereocenters. The van der Waals surface area contributed by atoms with Crippen LogP contribution in [0, 0.1) is 0 Å². The summed E-state index contributed by atoms with van der Waals surface area (Å²) in [7, 11) is 1.54. The molecule has 196 valence electrons. The Morgan fingerprint density at radius 2 is 2.25 bits per heavy atom. The molecule has 3 heterocycles. The number of methoxy groups -OCH3 is 1. The van der Waals surface area contributed by atoms with Gasteiger partial charge < -0.3 is 29.9 Å². The highest BCUT2D eigenvalue weighted by molar-refractivity contribution is 8.14. The summed E-state index contributed by atoms with van der Waals surface area (Å²) >= 11 is 1.14. The first-order valence-electron chi connectivity index (χ1n) is 11.7. The number of pyridine rings is 1. The van der Waals surface area contributed by atoms with E-state index in [1.54, 1.807) is 22.6 Å². The molecule has 0 radical (unpaired) electrons. The fraction of sp³-hybridized carbons (Fsp3) is 0.542. The molecular formula is C24H30F2N4O5S. The van der Waals surface area contributed by atoms with E-state index in [1.165, 1.54) is 13.2 Å². The maximum atomic E-state index is 14.2. The van der Waals surface area contributed by atoms with E-state index in [9.17, 15) is 23.5 Å². The lowest BCUT2D eigenvalue weighted by Gasteiger charge is -2.43. The molecule has 1 fully saturated rings. The summed E-state index contributed by atoms with van der Waals surface area (Å²) in [5.41, 5.74) is -0.833. The Hall–Kier alpha value is -2.70. The van der Waals surface area contributed by atoms with Gasteiger partial charge in [0.1, 0.15) is 12.0 Å². The number of hydrogen-bond donors (Lipinski definition) is 2. The standard InChI is InChI=1S/C24H30F2N4O5S/c1-14(36-19(28-27)9-15-3-4-16(25)10-18(15)26)17-11-30-20(22(32)21(17)31)23(33)29(6-8-34-2)12-24(30)5-7-35-13-24/h3,10-11,14,16,32H,4-9,12-13,27H2,1-2H3/b28-19-. The van der Waals surface area contributed by atoms with Crippen LogP contribution in [0.3, 0.4) is 0 Å². The summed E-state index contributed by atoms with van der Waals surface area (Å²) in [4.78, 5) is 28.0. The summed E-state index contributed by atoms with van der Waals surface area (Å²) in [5, 5.41) is 14.5. The van der Waals surface area contributed by atoms with Crippen molar-refractivity contribution in [2.75, 3.05) is 40.0 Å². The Balaban J connectivity index is 1.65. The highest BCUT2D eigenvalue weighted by Gasteiger charge is 2.47. The number of nitrogens with zero attached hydrogens (tertiary/aromatic N) is 3. The average molecular weight is 525 g/mol. The lowest BCUT2D eigenvalue weighted by atomic mass is 9.92. The number of ether oxygens (including phenoxy) is 2. The van der Waals surface area contributed by atoms with Gasteiger partial charge in [0.05, 0.1) is 23.8 Å². The molecule has 3 unspecified atom stereocenters. The van der Waals surface area contributed by atoms with E-state index in [1.807, 2.05) is 0 Å². The Labute approximate surface area is 211 Å². The zero-order chi connectivity index (χ0) is 26.0. The molecule has 12 heteroatoms. The number of nitrogens with two attached hydrogens (primary N) is 1. The van der Waals surface area contributed by atoms with Crippen LogP contribution >= 0.6 is 11.8 Å². The molecule has 1 aromatic rings. The molecule has 3 N–H and O–H groups in total. The third-order valence-corrected chi connectivity index (χ3v) is 7.93. The van der Waals surface area contributed by atoms with E-state index in [0.717, 1.165) is 17.8 Å². The van der Waals surface area contributed by atoms with Crippen molar-refractivity contribution in [1.29, 1.82) is 0 Å². The number of aromatic hydroxyl groups is 1. The molecule has 1 amide bonds. The maximum absolute atomic E-state index is 14.2. The van der Waals surface area contributed by atoms with E-state index in [0.29, 0.717) is 44.4 Å². The van der Waals surface area contributed by atoms with Gasteiger partial charge in [-0.3, -0.25) is 9.59 Å². The van der Waals surface area contributed by atoms with E-state index in [4.69, 9.17) is 15.3 Å². The zero-order valence-electron chi connectivity index (χ0n) is 20.2. The van der Waals surface area contributed by atoms with Crippen LogP contribution in [-0.4, -0.2) is 71.7 Å². The summed E-state index contributed by atoms with van der Waals surface area (Å²) in [6, 6.07) is 0. The van der Waals surface area contributed by atoms with Gasteiger partial charge in [-0.1, -0.05) is 6.08 Å². The normalized spacial score (nSPS) is 25.1. The molecular weight excluding hydrogens is 494 g/mol. The predicted octanol–water partition coefficient (Wildman–Crippen LogP) is 2.75. The van der Waals surface area contributed by atoms with Gasteiger partial charge >= 0.3 is 0 Å². The number of halogens is 2. The van der Waals surface area contributed by atoms with Gasteiger partial charge in [-0.15, -0.1) is 11.8 Å². The Bertz CT molecular complexity index is 1180.